The fraction of sp³-hybridized carbons (Fsp3) is 0.615. The van der Waals surface area contributed by atoms with Gasteiger partial charge in [0.25, 0.3) is 0 Å². The fourth-order valence-corrected chi connectivity index (χ4v) is 30.6. The largest absolute Gasteiger partial charge is 1.00 e. The van der Waals surface area contributed by atoms with E-state index in [0.29, 0.717) is 74.1 Å². The number of benzene rings is 3. The predicted octanol–water partition coefficient (Wildman–Crippen LogP) is 12.3. The quantitative estimate of drug-likeness (QED) is 0.0466. The Labute approximate surface area is 830 Å². The number of carbonyl (C=O) groups excluding carboxylic acids is 6. The summed E-state index contributed by atoms with van der Waals surface area (Å²) in [5, 5.41) is 47.1. The first-order valence-corrected chi connectivity index (χ1v) is 49.0. The van der Waals surface area contributed by atoms with Crippen molar-refractivity contribution in [1.82, 2.24) is 15.2 Å². The molecule has 0 radical (unpaired) electrons. The minimum atomic E-state index is -2.23. The van der Waals surface area contributed by atoms with E-state index in [1.165, 1.54) is 112 Å². The van der Waals surface area contributed by atoms with E-state index in [-0.39, 0.29) is 173 Å². The van der Waals surface area contributed by atoms with E-state index in [1.54, 1.807) is 31.9 Å². The Bertz CT molecular complexity index is 4380. The van der Waals surface area contributed by atoms with E-state index < -0.39 is 144 Å². The monoisotopic (exact) mass is 2180 g/mol. The molecule has 3 aromatic rings. The maximum absolute atomic E-state index is 17.5. The molecule has 12 fully saturated rings. The Balaban J connectivity index is 0.000000179. The zero-order valence-corrected chi connectivity index (χ0v) is 83.5. The standard InChI is InChI=1S/C31H36ClF2NO4S.C31H36F3NO4S.C31H36F2INO4S.C2H3N.CH4.Ag.FH.HI.Na/c2*1-28-11-10-21(36)14-24(28)25(33)15-23-22-13-20-17-35(12-6-9-19-7-4-3-5-8-19)39-31(20,27(38)40-18-32)29(22,2)16-26(37)30(23,28)34;1-28-11-10-21(36)14-24(28)25(32)15-23-22-13-20-17-35(12-6-9-19-7-4-3-5-8-19)39-31(20,27(38)40-18-34)29(22,2)16-26(37)30(23,28)33;1-2-3;;;;;/h3*3-5,7-8,10-11,14,20,22-23,25-26,37H,6,9,12-13,15-18H2,1-2H3;1H3;1H4;;2*1H;/q;;;;;+1;;;+1/p-2/t3*20-,22-,23-,25-,26-,28-,29-,30-,31-;;;;;;/m000....../s1. The Morgan fingerprint density at radius 1 is 0.500 bits per heavy atom. The van der Waals surface area contributed by atoms with Crippen molar-refractivity contribution in [3.05, 3.63) is 179 Å². The molecule has 0 unspecified atom stereocenters. The van der Waals surface area contributed by atoms with Crippen LogP contribution >= 0.6 is 69.5 Å². The van der Waals surface area contributed by atoms with Crippen LogP contribution in [0.15, 0.2) is 162 Å². The van der Waals surface area contributed by atoms with Gasteiger partial charge in [-0.1, -0.05) is 195 Å². The van der Waals surface area contributed by atoms with Crippen molar-refractivity contribution in [3.63, 3.8) is 0 Å². The van der Waals surface area contributed by atoms with Gasteiger partial charge in [0.15, 0.2) is 51.2 Å². The van der Waals surface area contributed by atoms with Gasteiger partial charge in [-0.2, -0.15) is 20.5 Å². The molecule has 3 aromatic carbocycles. The van der Waals surface area contributed by atoms with Crippen LogP contribution in [0, 0.1) is 97.1 Å². The number of aryl methyl sites for hydroxylation is 3. The first-order valence-electron chi connectivity index (χ1n) is 43.4. The van der Waals surface area contributed by atoms with Gasteiger partial charge in [0.05, 0.1) is 33.4 Å². The van der Waals surface area contributed by atoms with Crippen LogP contribution < -0.4 is 53.5 Å². The van der Waals surface area contributed by atoms with Gasteiger partial charge in [0, 0.05) is 114 Å². The normalized spacial score (nSPS) is 41.4. The summed E-state index contributed by atoms with van der Waals surface area (Å²) < 4.78 is 123. The van der Waals surface area contributed by atoms with Gasteiger partial charge >= 0.3 is 54.2 Å². The number of fused-ring (bicyclic) bond motifs is 21. The van der Waals surface area contributed by atoms with Crippen LogP contribution in [0.4, 0.5) is 33.8 Å². The van der Waals surface area contributed by atoms with Crippen molar-refractivity contribution in [2.24, 2.45) is 85.8 Å². The van der Waals surface area contributed by atoms with Crippen molar-refractivity contribution in [3.8, 4) is 6.07 Å². The molecule has 18 rings (SSSR count). The Hall–Kier alpha value is -2.77. The van der Waals surface area contributed by atoms with Crippen LogP contribution in [0.3, 0.4) is 0 Å². The third-order valence-electron chi connectivity index (χ3n) is 32.6. The molecule has 0 bridgehead atoms. The molecule has 0 aromatic heterocycles. The number of hydrogen-bond acceptors (Lipinski definition) is 19. The molecule has 15 aliphatic rings. The van der Waals surface area contributed by atoms with Gasteiger partial charge in [-0.15, -0.1) is 11.6 Å². The van der Waals surface area contributed by atoms with E-state index in [2.05, 4.69) is 59.0 Å². The maximum atomic E-state index is 17.5. The molecule has 9 saturated carbocycles. The maximum Gasteiger partial charge on any atom is 1.00 e. The molecule has 0 spiro atoms. The number of aliphatic hydroxyl groups is 3. The molecule has 3 N–H and O–H groups in total. The Kier molecular flexibility index (Phi) is 33.9. The summed E-state index contributed by atoms with van der Waals surface area (Å²) in [4.78, 5) is 97.8. The number of hydrogen-bond donors (Lipinski definition) is 3. The van der Waals surface area contributed by atoms with E-state index >= 15 is 26.3 Å². The second kappa shape index (κ2) is 41.1. The first kappa shape index (κ1) is 106. The minimum absolute atomic E-state index is 0. The van der Waals surface area contributed by atoms with E-state index in [1.807, 2.05) is 85.5 Å². The molecule has 128 heavy (non-hydrogen) atoms. The summed E-state index contributed by atoms with van der Waals surface area (Å²) in [5.74, 6) is -5.64. The second-order valence-corrected chi connectivity index (χ2v) is 43.3. The third-order valence-corrected chi connectivity index (χ3v) is 35.9. The Morgan fingerprint density at radius 3 is 1.02 bits per heavy atom. The second-order valence-electron chi connectivity index (χ2n) is 38.1. The number of allylic oxidation sites excluding steroid dienone is 12. The molecule has 3 heterocycles. The first-order chi connectivity index (χ1) is 59.4. The number of nitriles is 1. The summed E-state index contributed by atoms with van der Waals surface area (Å²) in [5.41, 5.74) is -13.7. The summed E-state index contributed by atoms with van der Waals surface area (Å²) in [7, 11) is 0. The SMILES string of the molecule is C.CC#N.C[C@]12C=CC(=O)C=C1[C@@H](F)C[C@H]1[C@@H]3C[C@H]4CN(CCCc5ccccc5)O[C@@]4(C(=O)SCCl)[C@@]3(C)C[C@H](O)[C@@]12F.C[C@]12C=CC(=O)C=C1[C@@H](F)C[C@H]1[C@@H]3C[C@H]4CN(CCCc5ccccc5)O[C@@]4(C(=O)SCF)[C@@]3(C)C[C@H](O)[C@@]12F.C[C@]12C=CC(=O)C=C1[C@@H](F)C[C@H]1[C@@H]3C[C@H]4CN(CCCc5ccccc5)O[C@@]4(C(=O)SCI)[C@@]3(C)C[C@H](O)[C@@]12F.[F][Ag].[I-].[Na+]. The zero-order valence-electron chi connectivity index (χ0n) is 72.5. The number of alkyl halides is 9. The van der Waals surface area contributed by atoms with Crippen molar-refractivity contribution in [2.75, 3.05) is 54.2 Å². The third kappa shape index (κ3) is 16.9. The molecule has 3 aliphatic heterocycles. The molecule has 3 saturated heterocycles. The van der Waals surface area contributed by atoms with Gasteiger partial charge in [-0.05, 0) is 205 Å². The van der Waals surface area contributed by atoms with Crippen LogP contribution in [0.25, 0.3) is 0 Å². The Morgan fingerprint density at radius 2 is 0.766 bits per heavy atom. The zero-order chi connectivity index (χ0) is 90.2. The van der Waals surface area contributed by atoms with Crippen molar-refractivity contribution < 1.29 is 168 Å². The number of aliphatic hydroxyl groups excluding tert-OH is 3. The molecular weight excluding hydrogens is 2070 g/mol. The number of nitrogens with zero attached hydrogens (tertiary/aromatic N) is 4. The van der Waals surface area contributed by atoms with Crippen LogP contribution in [0.2, 0.25) is 0 Å². The number of thioether (sulfide) groups is 3. The number of ketones is 3. The number of carbonyl (C=O) groups is 6. The number of hydroxylamine groups is 6. The fourth-order valence-electron chi connectivity index (χ4n) is 27.2. The molecule has 27 atom stereocenters. The molecule has 12 aliphatic carbocycles. The summed E-state index contributed by atoms with van der Waals surface area (Å²) in [6, 6.07) is 31.3. The van der Waals surface area contributed by atoms with Crippen LogP contribution in [-0.4, -0.2) is 188 Å². The van der Waals surface area contributed by atoms with E-state index in [0.717, 1.165) is 50.3 Å². The minimum Gasteiger partial charge on any atom is -1.00 e. The van der Waals surface area contributed by atoms with E-state index in [9.17, 15) is 51.5 Å². The van der Waals surface area contributed by atoms with Crippen molar-refractivity contribution in [1.29, 1.82) is 5.26 Å². The van der Waals surface area contributed by atoms with Crippen molar-refractivity contribution >= 4 is 102 Å². The van der Waals surface area contributed by atoms with Crippen LogP contribution in [0.5, 0.6) is 0 Å². The molecule has 0 amide bonds. The van der Waals surface area contributed by atoms with Gasteiger partial charge in [-0.25, -0.2) is 30.7 Å². The van der Waals surface area contributed by atoms with Crippen molar-refractivity contribution in [2.45, 2.75) is 223 Å². The summed E-state index contributed by atoms with van der Waals surface area (Å²) in [6.45, 7) is 15.3. The average molecular weight is 2190 g/mol. The summed E-state index contributed by atoms with van der Waals surface area (Å²) >= 11 is 12.4. The van der Waals surface area contributed by atoms with Gasteiger partial charge in [0.2, 0.25) is 15.3 Å². The van der Waals surface area contributed by atoms with Gasteiger partial charge in [-0.3, -0.25) is 43.3 Å². The molecule has 32 heteroatoms. The molecule has 16 nitrogen and oxygen atoms in total. The van der Waals surface area contributed by atoms with Gasteiger partial charge in [0.1, 0.15) is 24.5 Å². The molecule has 698 valence electrons. The molecular formula is C96H115AgClF8I2N4NaO12S3. The van der Waals surface area contributed by atoms with Gasteiger partial charge < -0.3 is 39.3 Å². The smallest absolute Gasteiger partial charge is 1.00 e. The van der Waals surface area contributed by atoms with Crippen LogP contribution in [-0.2, 0) is 84.2 Å². The van der Waals surface area contributed by atoms with Crippen LogP contribution in [0.1, 0.15) is 150 Å². The van der Waals surface area contributed by atoms with E-state index in [4.69, 9.17) is 31.4 Å². The number of rotatable bonds is 18. The average Bonchev–Trinajstić information content (AvgIpc) is 1.46. The number of halogens is 11. The summed E-state index contributed by atoms with van der Waals surface area (Å²) in [6.07, 6.45) is 8.75. The topological polar surface area (TPSA) is 224 Å². The predicted molar refractivity (Wildman–Crippen MR) is 475 cm³/mol.